The summed E-state index contributed by atoms with van der Waals surface area (Å²) >= 11 is 0. The van der Waals surface area contributed by atoms with Crippen LogP contribution in [0.25, 0.3) is 0 Å². The molecule has 0 bridgehead atoms. The maximum absolute atomic E-state index is 2.18. The monoisotopic (exact) mass is 242 g/mol. The molecule has 15 heavy (non-hydrogen) atoms. The summed E-state index contributed by atoms with van der Waals surface area (Å²) in [6.07, 6.45) is 1.17. The minimum atomic E-state index is 0. The molecule has 0 N–H and O–H groups in total. The quantitative estimate of drug-likeness (QED) is 0.524. The van der Waals surface area contributed by atoms with Crippen LogP contribution in [0.3, 0.4) is 0 Å². The van der Waals surface area contributed by atoms with Gasteiger partial charge in [-0.25, -0.2) is 19.1 Å². The number of aryl methyl sites for hydroxylation is 3. The van der Waals surface area contributed by atoms with Crippen LogP contribution in [0.2, 0.25) is 0 Å². The first-order chi connectivity index (χ1) is 6.74. The molecule has 0 fully saturated rings. The van der Waals surface area contributed by atoms with E-state index in [1.165, 1.54) is 23.1 Å². The molecule has 2 rings (SSSR count). The van der Waals surface area contributed by atoms with E-state index in [4.69, 9.17) is 0 Å². The van der Waals surface area contributed by atoms with Crippen molar-refractivity contribution >= 4 is 0 Å². The molecule has 0 unspecified atom stereocenters. The fourth-order valence-electron chi connectivity index (χ4n) is 1.41. The first-order valence-corrected chi connectivity index (χ1v) is 5.13. The summed E-state index contributed by atoms with van der Waals surface area (Å²) in [6.45, 7) is 6.42. The Morgan fingerprint density at radius 2 is 1.87 bits per heavy atom. The van der Waals surface area contributed by atoms with Gasteiger partial charge in [0.2, 0.25) is 0 Å². The molecular formula is C14H18Fe-6. The summed E-state index contributed by atoms with van der Waals surface area (Å²) in [6, 6.07) is 14.7. The van der Waals surface area contributed by atoms with Gasteiger partial charge in [-0.05, 0) is 0 Å². The molecular weight excluding hydrogens is 224 g/mol. The molecule has 1 heteroatoms. The summed E-state index contributed by atoms with van der Waals surface area (Å²) in [4.78, 5) is 0. The van der Waals surface area contributed by atoms with Crippen molar-refractivity contribution in [2.24, 2.45) is 0 Å². The third kappa shape index (κ3) is 5.01. The van der Waals surface area contributed by atoms with Gasteiger partial charge in [0.1, 0.15) is 0 Å². The minimum absolute atomic E-state index is 0. The zero-order valence-electron chi connectivity index (χ0n) is 9.60. The van der Waals surface area contributed by atoms with Crippen molar-refractivity contribution < 1.29 is 17.1 Å². The maximum atomic E-state index is 2.18. The van der Waals surface area contributed by atoms with E-state index in [9.17, 15) is 0 Å². The van der Waals surface area contributed by atoms with E-state index in [-0.39, 0.29) is 17.1 Å². The van der Waals surface area contributed by atoms with Gasteiger partial charge in [-0.2, -0.15) is 17.2 Å². The molecule has 0 aliphatic rings. The van der Waals surface area contributed by atoms with Crippen LogP contribution in [0.4, 0.5) is 0 Å². The summed E-state index contributed by atoms with van der Waals surface area (Å²) < 4.78 is 0. The van der Waals surface area contributed by atoms with Crippen LogP contribution in [0.5, 0.6) is 0 Å². The van der Waals surface area contributed by atoms with Gasteiger partial charge in [0.15, 0.2) is 0 Å². The molecule has 0 atom stereocenters. The third-order valence-corrected chi connectivity index (χ3v) is 2.36. The van der Waals surface area contributed by atoms with Gasteiger partial charge >= 0.3 is 0 Å². The second-order valence-corrected chi connectivity index (χ2v) is 3.55. The van der Waals surface area contributed by atoms with Crippen LogP contribution < -0.4 is 0 Å². The van der Waals surface area contributed by atoms with Crippen LogP contribution in [-0.4, -0.2) is 0 Å². The van der Waals surface area contributed by atoms with E-state index in [1.807, 2.05) is 12.1 Å². The van der Waals surface area contributed by atoms with Crippen molar-refractivity contribution in [2.45, 2.75) is 27.2 Å². The van der Waals surface area contributed by atoms with Gasteiger partial charge in [0.05, 0.1) is 0 Å². The Labute approximate surface area is 104 Å². The van der Waals surface area contributed by atoms with Gasteiger partial charge in [-0.3, -0.25) is 0 Å². The first-order valence-electron chi connectivity index (χ1n) is 5.13. The molecule has 0 aromatic heterocycles. The maximum Gasteiger partial charge on any atom is 0 e. The predicted molar refractivity (Wildman–Crippen MR) is 62.9 cm³/mol. The average Bonchev–Trinajstić information content (AvgIpc) is 2.77. The third-order valence-electron chi connectivity index (χ3n) is 2.36. The van der Waals surface area contributed by atoms with Crippen molar-refractivity contribution in [1.82, 2.24) is 0 Å². The average molecular weight is 242 g/mol. The van der Waals surface area contributed by atoms with Gasteiger partial charge in [0, 0.05) is 17.1 Å². The van der Waals surface area contributed by atoms with Gasteiger partial charge in [-0.15, -0.1) is 0 Å². The van der Waals surface area contributed by atoms with E-state index in [1.54, 1.807) is 0 Å². The molecule has 0 spiro atoms. The Hall–Kier alpha value is -0.781. The minimum Gasteiger partial charge on any atom is -0.748 e. The van der Waals surface area contributed by atoms with Gasteiger partial charge in [-0.1, -0.05) is 20.3 Å². The van der Waals surface area contributed by atoms with E-state index < -0.39 is 0 Å². The van der Waals surface area contributed by atoms with Crippen molar-refractivity contribution in [3.63, 3.8) is 0 Å². The molecule has 0 saturated heterocycles. The van der Waals surface area contributed by atoms with E-state index in [0.717, 1.165) is 0 Å². The van der Waals surface area contributed by atoms with Crippen molar-refractivity contribution in [1.29, 1.82) is 0 Å². The van der Waals surface area contributed by atoms with Crippen molar-refractivity contribution in [3.05, 3.63) is 59.2 Å². The molecule has 88 valence electrons. The Balaban J connectivity index is 0.000000253. The number of hydrogen-bond acceptors (Lipinski definition) is 0. The molecule has 0 aliphatic heterocycles. The van der Waals surface area contributed by atoms with E-state index in [2.05, 4.69) is 51.1 Å². The Morgan fingerprint density at radius 3 is 2.07 bits per heavy atom. The second kappa shape index (κ2) is 7.50. The fraction of sp³-hybridized carbons (Fsp3) is 0.286. The van der Waals surface area contributed by atoms with Gasteiger partial charge < -0.3 is 29.8 Å². The molecule has 0 radical (unpaired) electrons. The molecule has 2 aromatic rings. The van der Waals surface area contributed by atoms with Crippen LogP contribution in [-0.2, 0) is 23.5 Å². The fourth-order valence-corrected chi connectivity index (χ4v) is 1.41. The molecule has 0 saturated carbocycles. The summed E-state index contributed by atoms with van der Waals surface area (Å²) in [5.74, 6) is 0. The van der Waals surface area contributed by atoms with Crippen LogP contribution in [0, 0.1) is 13.8 Å². The standard InChI is InChI=1S/C8H11.C6H7.Fe/c1-3-8-6-4-5-7(8)2;1-6-4-2-3-5-6;/h4-6H,3H2,1-2H3;2-5H,1H3;/q-1;-5;. The molecule has 2 aromatic carbocycles. The normalized spacial score (nSPS) is 8.73. The smallest absolute Gasteiger partial charge is 0 e. The van der Waals surface area contributed by atoms with E-state index >= 15 is 0 Å². The first kappa shape index (κ1) is 14.2. The Morgan fingerprint density at radius 1 is 1.27 bits per heavy atom. The van der Waals surface area contributed by atoms with Crippen LogP contribution in [0.15, 0.2) is 42.5 Å². The molecule has 0 heterocycles. The SMILES string of the molecule is CC[c-]1cccc1C.C[c-]1[cH-][cH-][cH-][cH-]1.[Fe]. The van der Waals surface area contributed by atoms with Crippen molar-refractivity contribution in [3.8, 4) is 0 Å². The van der Waals surface area contributed by atoms with Crippen molar-refractivity contribution in [2.75, 3.05) is 0 Å². The largest absolute Gasteiger partial charge is 0.748 e. The zero-order valence-corrected chi connectivity index (χ0v) is 10.7. The van der Waals surface area contributed by atoms with Crippen LogP contribution >= 0.6 is 0 Å². The Bertz CT molecular complexity index is 341. The summed E-state index contributed by atoms with van der Waals surface area (Å²) in [7, 11) is 0. The van der Waals surface area contributed by atoms with Gasteiger partial charge in [0.25, 0.3) is 0 Å². The number of hydrogen-bond donors (Lipinski definition) is 0. The second-order valence-electron chi connectivity index (χ2n) is 3.55. The number of rotatable bonds is 1. The zero-order chi connectivity index (χ0) is 10.4. The summed E-state index contributed by atoms with van der Waals surface area (Å²) in [5, 5.41) is 0. The molecule has 0 nitrogen and oxygen atoms in total. The summed E-state index contributed by atoms with van der Waals surface area (Å²) in [5.41, 5.74) is 4.24. The van der Waals surface area contributed by atoms with Crippen LogP contribution in [0.1, 0.15) is 23.6 Å². The van der Waals surface area contributed by atoms with E-state index in [0.29, 0.717) is 0 Å². The topological polar surface area (TPSA) is 0 Å². The Kier molecular flexibility index (Phi) is 7.11. The predicted octanol–water partition coefficient (Wildman–Crippen LogP) is 3.99. The molecule has 0 aliphatic carbocycles. The molecule has 0 amide bonds.